The molecule has 0 bridgehead atoms. The van der Waals surface area contributed by atoms with E-state index in [4.69, 9.17) is 5.11 Å². The van der Waals surface area contributed by atoms with E-state index in [1.54, 1.807) is 0 Å². The molecule has 0 aromatic rings. The van der Waals surface area contributed by atoms with Gasteiger partial charge in [0.1, 0.15) is 0 Å². The molecule has 0 amide bonds. The van der Waals surface area contributed by atoms with Crippen molar-refractivity contribution < 1.29 is 131 Å². The molecule has 0 radical (unpaired) electrons. The Hall–Kier alpha value is -1.54. The first-order valence-corrected chi connectivity index (χ1v) is 7.52. The second-order valence-corrected chi connectivity index (χ2v) is 6.55. The summed E-state index contributed by atoms with van der Waals surface area (Å²) in [4.78, 5) is 9.85. The molecule has 0 aliphatic carbocycles. The van der Waals surface area contributed by atoms with Gasteiger partial charge >= 0.3 is 90.2 Å². The molecule has 0 spiro atoms. The Bertz CT molecular complexity index is 892. The van der Waals surface area contributed by atoms with Crippen molar-refractivity contribution in [3.05, 3.63) is 0 Å². The summed E-state index contributed by atoms with van der Waals surface area (Å²) in [5.41, 5.74) is 0. The third kappa shape index (κ3) is 4.32. The molecule has 38 heavy (non-hydrogen) atoms. The van der Waals surface area contributed by atoms with Crippen LogP contribution < -0.4 is 18.9 Å². The zero-order valence-electron chi connectivity index (χ0n) is 17.5. The van der Waals surface area contributed by atoms with Gasteiger partial charge in [-0.05, 0) is 0 Å². The first-order valence-electron chi connectivity index (χ1n) is 7.52. The van der Waals surface area contributed by atoms with Gasteiger partial charge in [0.15, 0.2) is 0 Å². The van der Waals surface area contributed by atoms with E-state index in [0.29, 0.717) is 0 Å². The van der Waals surface area contributed by atoms with Crippen molar-refractivity contribution in [2.75, 3.05) is 0 Å². The van der Waals surface area contributed by atoms with Crippen LogP contribution in [0.5, 0.6) is 0 Å². The molecule has 0 aliphatic rings. The number of carbonyl (C=O) groups is 1. The number of hydrogen-bond donors (Lipinski definition) is 1. The smallest absolute Gasteiger partial charge is 1.00 e. The fourth-order valence-corrected chi connectivity index (χ4v) is 1.89. The van der Waals surface area contributed by atoms with Crippen LogP contribution in [0.25, 0.3) is 0 Å². The fourth-order valence-electron chi connectivity index (χ4n) is 1.89. The van der Waals surface area contributed by atoms with Crippen LogP contribution in [-0.2, 0) is 4.79 Å². The maximum atomic E-state index is 13.4. The summed E-state index contributed by atoms with van der Waals surface area (Å²) in [5.74, 6) is -94.6. The molecule has 0 saturated heterocycles. The van der Waals surface area contributed by atoms with Gasteiger partial charge in [0.25, 0.3) is 0 Å². The standard InChI is InChI=1S/C12HF23O2.Li.H/c13-2(14,1(36)37)3(15,16)4(17,18)5(19,20)6(21,22)7(23,24)8(25,26)9(27,28)10(29,30)11(31,32)12(33,34)35;;/h(H,36,37);;/q;+1;-1. The van der Waals surface area contributed by atoms with Crippen LogP contribution in [0.15, 0.2) is 0 Å². The van der Waals surface area contributed by atoms with Gasteiger partial charge in [-0.3, -0.25) is 0 Å². The Kier molecular flexibility index (Phi) is 9.40. The van der Waals surface area contributed by atoms with Crippen LogP contribution in [-0.4, -0.2) is 76.5 Å². The molecular formula is C12H2F23LiO2. The molecular weight excluding hydrogens is 620 g/mol. The third-order valence-electron chi connectivity index (χ3n) is 4.17. The van der Waals surface area contributed by atoms with Crippen molar-refractivity contribution in [1.82, 2.24) is 0 Å². The Morgan fingerprint density at radius 2 is 0.526 bits per heavy atom. The summed E-state index contributed by atoms with van der Waals surface area (Å²) < 4.78 is 298. The minimum atomic E-state index is -9.50. The van der Waals surface area contributed by atoms with Crippen LogP contribution in [0.1, 0.15) is 1.43 Å². The van der Waals surface area contributed by atoms with Crippen molar-refractivity contribution >= 4 is 5.97 Å². The number of hydrogen-bond acceptors (Lipinski definition) is 1. The van der Waals surface area contributed by atoms with Crippen LogP contribution >= 0.6 is 0 Å². The topological polar surface area (TPSA) is 37.3 Å². The van der Waals surface area contributed by atoms with E-state index in [2.05, 4.69) is 0 Å². The molecule has 0 heterocycles. The van der Waals surface area contributed by atoms with Gasteiger partial charge in [-0.2, -0.15) is 101 Å². The number of rotatable bonds is 10. The van der Waals surface area contributed by atoms with Crippen molar-refractivity contribution in [2.24, 2.45) is 0 Å². The molecule has 0 aromatic carbocycles. The monoisotopic (exact) mass is 622 g/mol. The van der Waals surface area contributed by atoms with E-state index < -0.39 is 71.4 Å². The summed E-state index contributed by atoms with van der Waals surface area (Å²) in [6.45, 7) is 0. The van der Waals surface area contributed by atoms with Crippen molar-refractivity contribution in [1.29, 1.82) is 0 Å². The third-order valence-corrected chi connectivity index (χ3v) is 4.17. The van der Waals surface area contributed by atoms with E-state index in [1.807, 2.05) is 0 Å². The van der Waals surface area contributed by atoms with E-state index in [-0.39, 0.29) is 20.3 Å². The van der Waals surface area contributed by atoms with Gasteiger partial charge in [0, 0.05) is 0 Å². The number of halogens is 23. The molecule has 26 heteroatoms. The minimum absolute atomic E-state index is 0. The van der Waals surface area contributed by atoms with Crippen molar-refractivity contribution in [3.8, 4) is 0 Å². The minimum Gasteiger partial charge on any atom is -1.00 e. The van der Waals surface area contributed by atoms with Crippen molar-refractivity contribution in [2.45, 2.75) is 65.4 Å². The first kappa shape index (κ1) is 38.6. The molecule has 0 saturated carbocycles. The van der Waals surface area contributed by atoms with Crippen LogP contribution in [0, 0.1) is 0 Å². The van der Waals surface area contributed by atoms with E-state index in [0.717, 1.165) is 0 Å². The van der Waals surface area contributed by atoms with Gasteiger partial charge < -0.3 is 6.53 Å². The average Bonchev–Trinajstić information content (AvgIpc) is 2.65. The Labute approximate surface area is 203 Å². The second-order valence-electron chi connectivity index (χ2n) is 6.55. The predicted octanol–water partition coefficient (Wildman–Crippen LogP) is 4.10. The maximum Gasteiger partial charge on any atom is 1.00 e. The molecule has 0 atom stereocenters. The molecule has 2 nitrogen and oxygen atoms in total. The predicted molar refractivity (Wildman–Crippen MR) is 64.3 cm³/mol. The van der Waals surface area contributed by atoms with E-state index in [9.17, 15) is 106 Å². The van der Waals surface area contributed by atoms with Gasteiger partial charge in [-0.1, -0.05) is 0 Å². The van der Waals surface area contributed by atoms with E-state index in [1.165, 1.54) is 0 Å². The van der Waals surface area contributed by atoms with Gasteiger partial charge in [0.05, 0.1) is 0 Å². The molecule has 0 unspecified atom stereocenters. The molecule has 0 rings (SSSR count). The summed E-state index contributed by atoms with van der Waals surface area (Å²) >= 11 is 0. The van der Waals surface area contributed by atoms with Gasteiger partial charge in [-0.15, -0.1) is 0 Å². The molecule has 224 valence electrons. The van der Waals surface area contributed by atoms with Crippen LogP contribution in [0.3, 0.4) is 0 Å². The van der Waals surface area contributed by atoms with E-state index >= 15 is 0 Å². The summed E-state index contributed by atoms with van der Waals surface area (Å²) in [7, 11) is 0. The summed E-state index contributed by atoms with van der Waals surface area (Å²) in [5, 5.41) is 7.63. The SMILES string of the molecule is O=C(O)C(F)(F)C(F)(F)C(F)(F)C(F)(F)C(F)(F)C(F)(F)C(F)(F)C(F)(F)C(F)(F)C(F)(F)C(F)(F)F.[H-].[Li+]. The number of alkyl halides is 23. The second kappa shape index (κ2) is 9.25. The summed E-state index contributed by atoms with van der Waals surface area (Å²) in [6.07, 6.45) is -8.13. The quantitative estimate of drug-likeness (QED) is 0.295. The first-order chi connectivity index (χ1) is 15.4. The zero-order valence-corrected chi connectivity index (χ0v) is 16.5. The Balaban J connectivity index is -0.00000648. The molecule has 0 fully saturated rings. The van der Waals surface area contributed by atoms with Gasteiger partial charge in [-0.25, -0.2) is 4.79 Å². The molecule has 0 aliphatic heterocycles. The van der Waals surface area contributed by atoms with Crippen LogP contribution in [0.4, 0.5) is 101 Å². The maximum absolute atomic E-state index is 13.4. The Morgan fingerprint density at radius 1 is 0.368 bits per heavy atom. The normalized spacial score (nSPS) is 16.3. The van der Waals surface area contributed by atoms with Crippen molar-refractivity contribution in [3.63, 3.8) is 0 Å². The molecule has 1 N–H and O–H groups in total. The van der Waals surface area contributed by atoms with Gasteiger partial charge in [0.2, 0.25) is 0 Å². The molecule has 0 aromatic heterocycles. The average molecular weight is 622 g/mol. The van der Waals surface area contributed by atoms with Crippen LogP contribution in [0.2, 0.25) is 0 Å². The summed E-state index contributed by atoms with van der Waals surface area (Å²) in [6, 6.07) is 0. The largest absolute Gasteiger partial charge is 1.00 e. The number of carboxylic acid groups (broad SMARTS) is 1. The Morgan fingerprint density at radius 3 is 0.684 bits per heavy atom. The number of aliphatic carboxylic acids is 1. The fraction of sp³-hybridized carbons (Fsp3) is 0.917. The number of carboxylic acids is 1. The zero-order chi connectivity index (χ0) is 31.1.